The van der Waals surface area contributed by atoms with Crippen LogP contribution in [-0.2, 0) is 6.42 Å². The van der Waals surface area contributed by atoms with Crippen LogP contribution >= 0.6 is 0 Å². The molecular weight excluding hydrogens is 270 g/mol. The summed E-state index contributed by atoms with van der Waals surface area (Å²) in [4.78, 5) is 0. The standard InChI is InChI=1S/C20H27NO/c1-4-16-10-11-20(22)19(14-16)18(12-13-21-15(2)3)17-8-6-5-7-9-17/h5-11,14-15,18,21-22H,4,12-13H2,1-3H3. The number of phenolic OH excluding ortho intramolecular Hbond substituents is 1. The van der Waals surface area contributed by atoms with Gasteiger partial charge in [-0.1, -0.05) is 63.2 Å². The summed E-state index contributed by atoms with van der Waals surface area (Å²) in [6, 6.07) is 16.9. The van der Waals surface area contributed by atoms with E-state index in [1.165, 1.54) is 11.1 Å². The first-order valence-electron chi connectivity index (χ1n) is 8.22. The Morgan fingerprint density at radius 2 is 1.77 bits per heavy atom. The Bertz CT molecular complexity index is 578. The molecule has 2 nitrogen and oxygen atoms in total. The molecule has 0 aliphatic heterocycles. The zero-order valence-corrected chi connectivity index (χ0v) is 13.8. The molecule has 0 saturated heterocycles. The minimum atomic E-state index is 0.221. The van der Waals surface area contributed by atoms with Crippen molar-refractivity contribution in [2.75, 3.05) is 6.54 Å². The van der Waals surface area contributed by atoms with E-state index in [4.69, 9.17) is 0 Å². The van der Waals surface area contributed by atoms with E-state index in [0.717, 1.165) is 24.9 Å². The Balaban J connectivity index is 2.31. The first-order valence-corrected chi connectivity index (χ1v) is 8.22. The third-order valence-corrected chi connectivity index (χ3v) is 4.06. The molecule has 0 aromatic heterocycles. The second-order valence-corrected chi connectivity index (χ2v) is 6.11. The summed E-state index contributed by atoms with van der Waals surface area (Å²) < 4.78 is 0. The maximum atomic E-state index is 10.4. The summed E-state index contributed by atoms with van der Waals surface area (Å²) in [5.74, 6) is 0.620. The van der Waals surface area contributed by atoms with Crippen LogP contribution in [0.3, 0.4) is 0 Å². The highest BCUT2D eigenvalue weighted by Crippen LogP contribution is 2.34. The molecule has 22 heavy (non-hydrogen) atoms. The molecule has 2 rings (SSSR count). The lowest BCUT2D eigenvalue weighted by atomic mass is 9.86. The van der Waals surface area contributed by atoms with Crippen LogP contribution in [0.25, 0.3) is 0 Å². The molecule has 0 bridgehead atoms. The Morgan fingerprint density at radius 1 is 1.05 bits per heavy atom. The smallest absolute Gasteiger partial charge is 0.119 e. The molecule has 1 atom stereocenters. The monoisotopic (exact) mass is 297 g/mol. The molecule has 0 spiro atoms. The normalized spacial score (nSPS) is 12.5. The summed E-state index contributed by atoms with van der Waals surface area (Å²) in [6.45, 7) is 7.40. The average Bonchev–Trinajstić information content (AvgIpc) is 2.53. The van der Waals surface area contributed by atoms with Gasteiger partial charge >= 0.3 is 0 Å². The highest BCUT2D eigenvalue weighted by Gasteiger charge is 2.18. The van der Waals surface area contributed by atoms with Crippen molar-refractivity contribution in [3.8, 4) is 5.75 Å². The van der Waals surface area contributed by atoms with Gasteiger partial charge in [-0.05, 0) is 36.6 Å². The van der Waals surface area contributed by atoms with Crippen molar-refractivity contribution in [2.45, 2.75) is 45.6 Å². The van der Waals surface area contributed by atoms with Gasteiger partial charge in [-0.15, -0.1) is 0 Å². The number of rotatable bonds is 7. The fraction of sp³-hybridized carbons (Fsp3) is 0.400. The molecule has 1 unspecified atom stereocenters. The van der Waals surface area contributed by atoms with Gasteiger partial charge in [0.1, 0.15) is 5.75 Å². The van der Waals surface area contributed by atoms with Crippen molar-refractivity contribution < 1.29 is 5.11 Å². The van der Waals surface area contributed by atoms with Gasteiger partial charge < -0.3 is 10.4 Å². The van der Waals surface area contributed by atoms with Crippen LogP contribution in [0.4, 0.5) is 0 Å². The van der Waals surface area contributed by atoms with Gasteiger partial charge in [-0.3, -0.25) is 0 Å². The lowest BCUT2D eigenvalue weighted by molar-refractivity contribution is 0.459. The van der Waals surface area contributed by atoms with Crippen molar-refractivity contribution in [1.29, 1.82) is 0 Å². The molecule has 2 aromatic rings. The Labute approximate surface area is 134 Å². The minimum absolute atomic E-state index is 0.221. The predicted octanol–water partition coefficient (Wildman–Crippen LogP) is 4.47. The lowest BCUT2D eigenvalue weighted by Gasteiger charge is -2.21. The number of phenols is 1. The highest BCUT2D eigenvalue weighted by atomic mass is 16.3. The van der Waals surface area contributed by atoms with E-state index in [1.54, 1.807) is 0 Å². The molecule has 2 aromatic carbocycles. The quantitative estimate of drug-likeness (QED) is 0.790. The molecule has 0 heterocycles. The Kier molecular flexibility index (Phi) is 6.02. The maximum Gasteiger partial charge on any atom is 0.119 e. The molecule has 2 heteroatoms. The molecule has 2 N–H and O–H groups in total. The van der Waals surface area contributed by atoms with E-state index in [2.05, 4.69) is 56.4 Å². The second-order valence-electron chi connectivity index (χ2n) is 6.11. The van der Waals surface area contributed by atoms with Gasteiger partial charge in [0.05, 0.1) is 0 Å². The fourth-order valence-electron chi connectivity index (χ4n) is 2.81. The van der Waals surface area contributed by atoms with Gasteiger partial charge in [0.25, 0.3) is 0 Å². The first-order chi connectivity index (χ1) is 10.6. The molecule has 0 fully saturated rings. The second kappa shape index (κ2) is 8.00. The number of hydrogen-bond acceptors (Lipinski definition) is 2. The molecule has 0 radical (unpaired) electrons. The van der Waals surface area contributed by atoms with E-state index >= 15 is 0 Å². The van der Waals surface area contributed by atoms with Crippen LogP contribution in [0.2, 0.25) is 0 Å². The molecule has 0 saturated carbocycles. The summed E-state index contributed by atoms with van der Waals surface area (Å²) in [6.07, 6.45) is 1.96. The van der Waals surface area contributed by atoms with E-state index in [0.29, 0.717) is 11.8 Å². The van der Waals surface area contributed by atoms with Crippen LogP contribution in [0.5, 0.6) is 5.75 Å². The zero-order chi connectivity index (χ0) is 15.9. The van der Waals surface area contributed by atoms with Gasteiger partial charge in [0.2, 0.25) is 0 Å². The number of benzene rings is 2. The minimum Gasteiger partial charge on any atom is -0.508 e. The SMILES string of the molecule is CCc1ccc(O)c(C(CCNC(C)C)c2ccccc2)c1. The Hall–Kier alpha value is -1.80. The van der Waals surface area contributed by atoms with Crippen molar-refractivity contribution in [2.24, 2.45) is 0 Å². The summed E-state index contributed by atoms with van der Waals surface area (Å²) in [5.41, 5.74) is 3.57. The first kappa shape index (κ1) is 16.6. The third kappa shape index (κ3) is 4.35. The van der Waals surface area contributed by atoms with Crippen molar-refractivity contribution in [3.05, 3.63) is 65.2 Å². The van der Waals surface area contributed by atoms with Crippen LogP contribution in [0, 0.1) is 0 Å². The summed E-state index contributed by atoms with van der Waals surface area (Å²) in [7, 11) is 0. The summed E-state index contributed by atoms with van der Waals surface area (Å²) in [5, 5.41) is 13.8. The molecule has 118 valence electrons. The van der Waals surface area contributed by atoms with Gasteiger partial charge in [-0.25, -0.2) is 0 Å². The number of aryl methyl sites for hydroxylation is 1. The van der Waals surface area contributed by atoms with E-state index < -0.39 is 0 Å². The molecule has 0 aliphatic rings. The summed E-state index contributed by atoms with van der Waals surface area (Å²) >= 11 is 0. The third-order valence-electron chi connectivity index (χ3n) is 4.06. The van der Waals surface area contributed by atoms with Crippen LogP contribution in [-0.4, -0.2) is 17.7 Å². The average molecular weight is 297 g/mol. The van der Waals surface area contributed by atoms with Crippen molar-refractivity contribution >= 4 is 0 Å². The number of hydrogen-bond donors (Lipinski definition) is 2. The maximum absolute atomic E-state index is 10.4. The lowest BCUT2D eigenvalue weighted by Crippen LogP contribution is -2.25. The van der Waals surface area contributed by atoms with Crippen molar-refractivity contribution in [1.82, 2.24) is 5.32 Å². The molecular formula is C20H27NO. The van der Waals surface area contributed by atoms with Crippen LogP contribution in [0.1, 0.15) is 49.8 Å². The largest absolute Gasteiger partial charge is 0.508 e. The number of nitrogens with one attached hydrogen (secondary N) is 1. The van der Waals surface area contributed by atoms with E-state index in [-0.39, 0.29) is 5.92 Å². The molecule has 0 aliphatic carbocycles. The fourth-order valence-corrected chi connectivity index (χ4v) is 2.81. The Morgan fingerprint density at radius 3 is 2.41 bits per heavy atom. The van der Waals surface area contributed by atoms with Gasteiger partial charge in [0.15, 0.2) is 0 Å². The zero-order valence-electron chi connectivity index (χ0n) is 13.8. The van der Waals surface area contributed by atoms with Gasteiger partial charge in [-0.2, -0.15) is 0 Å². The number of aromatic hydroxyl groups is 1. The van der Waals surface area contributed by atoms with Gasteiger partial charge in [0, 0.05) is 17.5 Å². The van der Waals surface area contributed by atoms with Crippen molar-refractivity contribution in [3.63, 3.8) is 0 Å². The predicted molar refractivity (Wildman–Crippen MR) is 93.5 cm³/mol. The highest BCUT2D eigenvalue weighted by molar-refractivity contribution is 5.43. The van der Waals surface area contributed by atoms with Crippen LogP contribution in [0.15, 0.2) is 48.5 Å². The van der Waals surface area contributed by atoms with Crippen LogP contribution < -0.4 is 5.32 Å². The molecule has 0 amide bonds. The van der Waals surface area contributed by atoms with E-state index in [9.17, 15) is 5.11 Å². The van der Waals surface area contributed by atoms with E-state index in [1.807, 2.05) is 18.2 Å². The topological polar surface area (TPSA) is 32.3 Å².